The second kappa shape index (κ2) is 7.82. The van der Waals surface area contributed by atoms with Crippen molar-refractivity contribution in [3.8, 4) is 0 Å². The van der Waals surface area contributed by atoms with E-state index < -0.39 is 17.6 Å². The number of carbonyl (C=O) groups excluding carboxylic acids is 1. The third-order valence-corrected chi connectivity index (χ3v) is 4.44. The number of rotatable bonds is 3. The SMILES string of the molecule is O=C(/C=C/c1ccccc1F)N1CCN(c2cccc(C(F)(F)F)c2)CC1. The first-order chi connectivity index (χ1) is 12.8. The molecule has 1 saturated heterocycles. The Kier molecular flexibility index (Phi) is 5.48. The number of nitrogens with zero attached hydrogens (tertiary/aromatic N) is 2. The van der Waals surface area contributed by atoms with Gasteiger partial charge >= 0.3 is 6.18 Å². The molecule has 1 amide bonds. The highest BCUT2D eigenvalue weighted by atomic mass is 19.4. The highest BCUT2D eigenvalue weighted by molar-refractivity contribution is 5.92. The number of hydrogen-bond acceptors (Lipinski definition) is 2. The number of halogens is 4. The lowest BCUT2D eigenvalue weighted by Crippen LogP contribution is -2.48. The Morgan fingerprint density at radius 3 is 2.33 bits per heavy atom. The fourth-order valence-electron chi connectivity index (χ4n) is 2.94. The Bertz CT molecular complexity index is 840. The molecule has 0 aromatic heterocycles. The van der Waals surface area contributed by atoms with E-state index in [2.05, 4.69) is 0 Å². The number of alkyl halides is 3. The summed E-state index contributed by atoms with van der Waals surface area (Å²) in [6, 6.07) is 11.3. The molecule has 3 nitrogen and oxygen atoms in total. The van der Waals surface area contributed by atoms with Crippen molar-refractivity contribution in [2.24, 2.45) is 0 Å². The first kappa shape index (κ1) is 18.9. The smallest absolute Gasteiger partial charge is 0.368 e. The molecule has 1 aliphatic heterocycles. The molecule has 1 heterocycles. The number of amides is 1. The van der Waals surface area contributed by atoms with Crippen molar-refractivity contribution in [3.63, 3.8) is 0 Å². The van der Waals surface area contributed by atoms with E-state index in [0.29, 0.717) is 37.4 Å². The Balaban J connectivity index is 1.60. The molecule has 0 saturated carbocycles. The van der Waals surface area contributed by atoms with Crippen molar-refractivity contribution in [2.75, 3.05) is 31.1 Å². The Morgan fingerprint density at radius 2 is 1.67 bits per heavy atom. The zero-order chi connectivity index (χ0) is 19.4. The Labute approximate surface area is 154 Å². The van der Waals surface area contributed by atoms with Crippen LogP contribution in [-0.2, 0) is 11.0 Å². The van der Waals surface area contributed by atoms with Crippen LogP contribution in [0.5, 0.6) is 0 Å². The van der Waals surface area contributed by atoms with Crippen LogP contribution in [0.4, 0.5) is 23.2 Å². The quantitative estimate of drug-likeness (QED) is 0.590. The average molecular weight is 378 g/mol. The molecular formula is C20H18F4N2O. The van der Waals surface area contributed by atoms with Gasteiger partial charge in [0.2, 0.25) is 5.91 Å². The highest BCUT2D eigenvalue weighted by Crippen LogP contribution is 2.31. The predicted molar refractivity (Wildman–Crippen MR) is 95.7 cm³/mol. The van der Waals surface area contributed by atoms with Gasteiger partial charge in [0.15, 0.2) is 0 Å². The average Bonchev–Trinajstić information content (AvgIpc) is 2.67. The summed E-state index contributed by atoms with van der Waals surface area (Å²) >= 11 is 0. The minimum atomic E-state index is -4.38. The normalized spacial score (nSPS) is 15.4. The van der Waals surface area contributed by atoms with E-state index in [1.54, 1.807) is 29.2 Å². The minimum Gasteiger partial charge on any atom is -0.368 e. The molecule has 142 valence electrons. The molecule has 3 rings (SSSR count). The molecule has 0 spiro atoms. The first-order valence-electron chi connectivity index (χ1n) is 8.48. The van der Waals surface area contributed by atoms with E-state index in [-0.39, 0.29) is 5.91 Å². The van der Waals surface area contributed by atoms with Crippen LogP contribution in [0, 0.1) is 5.82 Å². The zero-order valence-electron chi connectivity index (χ0n) is 14.4. The standard InChI is InChI=1S/C20H18F4N2O/c21-18-7-2-1-4-15(18)8-9-19(27)26-12-10-25(11-13-26)17-6-3-5-16(14-17)20(22,23)24/h1-9,14H,10-13H2/b9-8+. The molecular weight excluding hydrogens is 360 g/mol. The van der Waals surface area contributed by atoms with Gasteiger partial charge in [-0.25, -0.2) is 4.39 Å². The van der Waals surface area contributed by atoms with Gasteiger partial charge in [0.25, 0.3) is 0 Å². The zero-order valence-corrected chi connectivity index (χ0v) is 14.4. The largest absolute Gasteiger partial charge is 0.416 e. The summed E-state index contributed by atoms with van der Waals surface area (Å²) in [5.41, 5.74) is 0.124. The number of benzene rings is 2. The Hall–Kier alpha value is -2.83. The van der Waals surface area contributed by atoms with Crippen LogP contribution in [0.3, 0.4) is 0 Å². The van der Waals surface area contributed by atoms with Crippen LogP contribution in [-0.4, -0.2) is 37.0 Å². The number of anilines is 1. The summed E-state index contributed by atoms with van der Waals surface area (Å²) in [5, 5.41) is 0. The van der Waals surface area contributed by atoms with Crippen molar-refractivity contribution in [1.29, 1.82) is 0 Å². The van der Waals surface area contributed by atoms with Gasteiger partial charge in [0.1, 0.15) is 5.82 Å². The summed E-state index contributed by atoms with van der Waals surface area (Å²) in [7, 11) is 0. The van der Waals surface area contributed by atoms with Gasteiger partial charge < -0.3 is 9.80 Å². The van der Waals surface area contributed by atoms with E-state index in [0.717, 1.165) is 12.1 Å². The molecule has 0 unspecified atom stereocenters. The van der Waals surface area contributed by atoms with Crippen molar-refractivity contribution >= 4 is 17.7 Å². The van der Waals surface area contributed by atoms with Crippen LogP contribution in [0.1, 0.15) is 11.1 Å². The van der Waals surface area contributed by atoms with Crippen molar-refractivity contribution in [3.05, 3.63) is 71.6 Å². The summed E-state index contributed by atoms with van der Waals surface area (Å²) in [6.07, 6.45) is -1.64. The lowest BCUT2D eigenvalue weighted by atomic mass is 10.1. The second-order valence-corrected chi connectivity index (χ2v) is 6.22. The molecule has 1 fully saturated rings. The maximum Gasteiger partial charge on any atom is 0.416 e. The van der Waals surface area contributed by atoms with Gasteiger partial charge in [-0.1, -0.05) is 24.3 Å². The molecule has 0 radical (unpaired) electrons. The van der Waals surface area contributed by atoms with Crippen LogP contribution < -0.4 is 4.90 Å². The maximum absolute atomic E-state index is 13.6. The van der Waals surface area contributed by atoms with Crippen LogP contribution in [0.2, 0.25) is 0 Å². The summed E-state index contributed by atoms with van der Waals surface area (Å²) < 4.78 is 52.1. The monoisotopic (exact) mass is 378 g/mol. The number of hydrogen-bond donors (Lipinski definition) is 0. The lowest BCUT2D eigenvalue weighted by molar-refractivity contribution is -0.137. The maximum atomic E-state index is 13.6. The van der Waals surface area contributed by atoms with Crippen LogP contribution >= 0.6 is 0 Å². The molecule has 2 aromatic carbocycles. The first-order valence-corrected chi connectivity index (χ1v) is 8.48. The number of carbonyl (C=O) groups is 1. The van der Waals surface area contributed by atoms with Gasteiger partial charge in [-0.2, -0.15) is 13.2 Å². The second-order valence-electron chi connectivity index (χ2n) is 6.22. The van der Waals surface area contributed by atoms with Gasteiger partial charge in [-0.05, 0) is 30.3 Å². The molecule has 0 aliphatic carbocycles. The molecule has 0 atom stereocenters. The highest BCUT2D eigenvalue weighted by Gasteiger charge is 2.31. The molecule has 2 aromatic rings. The third kappa shape index (κ3) is 4.67. The van der Waals surface area contributed by atoms with Crippen molar-refractivity contribution in [1.82, 2.24) is 4.90 Å². The van der Waals surface area contributed by atoms with Gasteiger partial charge in [-0.3, -0.25) is 4.79 Å². The molecule has 1 aliphatic rings. The van der Waals surface area contributed by atoms with Gasteiger partial charge in [-0.15, -0.1) is 0 Å². The lowest BCUT2D eigenvalue weighted by Gasteiger charge is -2.35. The number of piperazine rings is 1. The Morgan fingerprint density at radius 1 is 0.963 bits per heavy atom. The van der Waals surface area contributed by atoms with Crippen molar-refractivity contribution in [2.45, 2.75) is 6.18 Å². The fourth-order valence-corrected chi connectivity index (χ4v) is 2.94. The molecule has 0 bridgehead atoms. The van der Waals surface area contributed by atoms with E-state index in [1.807, 2.05) is 4.90 Å². The molecule has 0 N–H and O–H groups in total. The van der Waals surface area contributed by atoms with E-state index in [1.165, 1.54) is 24.3 Å². The summed E-state index contributed by atoms with van der Waals surface area (Å²) in [4.78, 5) is 15.7. The molecule has 7 heteroatoms. The molecule has 27 heavy (non-hydrogen) atoms. The predicted octanol–water partition coefficient (Wildman–Crippen LogP) is 4.21. The van der Waals surface area contributed by atoms with Gasteiger partial charge in [0.05, 0.1) is 5.56 Å². The minimum absolute atomic E-state index is 0.248. The van der Waals surface area contributed by atoms with E-state index >= 15 is 0 Å². The third-order valence-electron chi connectivity index (χ3n) is 4.44. The van der Waals surface area contributed by atoms with Gasteiger partial charge in [0, 0.05) is 43.5 Å². The van der Waals surface area contributed by atoms with E-state index in [4.69, 9.17) is 0 Å². The summed E-state index contributed by atoms with van der Waals surface area (Å²) in [6.45, 7) is 1.63. The fraction of sp³-hybridized carbons (Fsp3) is 0.250. The van der Waals surface area contributed by atoms with E-state index in [9.17, 15) is 22.4 Å². The summed E-state index contributed by atoms with van der Waals surface area (Å²) in [5.74, 6) is -0.655. The van der Waals surface area contributed by atoms with Crippen molar-refractivity contribution < 1.29 is 22.4 Å². The van der Waals surface area contributed by atoms with Crippen LogP contribution in [0.25, 0.3) is 6.08 Å². The van der Waals surface area contributed by atoms with Crippen LogP contribution in [0.15, 0.2) is 54.6 Å². The topological polar surface area (TPSA) is 23.6 Å².